The molecule has 4 rings (SSSR count). The van der Waals surface area contributed by atoms with Crippen LogP contribution in [-0.2, 0) is 6.42 Å². The first-order valence-corrected chi connectivity index (χ1v) is 8.75. The highest BCUT2D eigenvalue weighted by Gasteiger charge is 2.18. The first kappa shape index (κ1) is 16.8. The number of rotatable bonds is 4. The third-order valence-corrected chi connectivity index (χ3v) is 4.39. The molecule has 1 aliphatic heterocycles. The number of benzene rings is 3. The number of hydrogen-bond donors (Lipinski definition) is 2. The van der Waals surface area contributed by atoms with Gasteiger partial charge in [-0.15, -0.1) is 0 Å². The summed E-state index contributed by atoms with van der Waals surface area (Å²) in [5.74, 6) is 0.720. The van der Waals surface area contributed by atoms with Crippen LogP contribution in [0.1, 0.15) is 26.3 Å². The molecule has 0 saturated carbocycles. The number of carbonyl (C=O) groups is 2. The van der Waals surface area contributed by atoms with Crippen LogP contribution in [-0.4, -0.2) is 18.4 Å². The predicted molar refractivity (Wildman–Crippen MR) is 103 cm³/mol. The van der Waals surface area contributed by atoms with Crippen LogP contribution in [0, 0.1) is 0 Å². The first-order valence-electron chi connectivity index (χ1n) is 8.75. The van der Waals surface area contributed by atoms with Crippen molar-refractivity contribution in [3.8, 4) is 11.5 Å². The molecule has 1 heterocycles. The fourth-order valence-corrected chi connectivity index (χ4v) is 3.05. The Morgan fingerprint density at radius 2 is 1.74 bits per heavy atom. The molecule has 0 radical (unpaired) electrons. The van der Waals surface area contributed by atoms with Crippen LogP contribution in [0.25, 0.3) is 0 Å². The zero-order valence-corrected chi connectivity index (χ0v) is 14.6. The molecule has 5 nitrogen and oxygen atoms in total. The molecular formula is C22H18N2O3. The molecule has 27 heavy (non-hydrogen) atoms. The highest BCUT2D eigenvalue weighted by atomic mass is 16.5. The van der Waals surface area contributed by atoms with Crippen molar-refractivity contribution in [3.05, 3.63) is 89.5 Å². The third kappa shape index (κ3) is 3.67. The van der Waals surface area contributed by atoms with Gasteiger partial charge in [-0.2, -0.15) is 0 Å². The number of carbonyl (C=O) groups excluding carboxylic acids is 2. The largest absolute Gasteiger partial charge is 0.457 e. The second kappa shape index (κ2) is 7.33. The molecule has 1 aliphatic rings. The molecule has 0 fully saturated rings. The van der Waals surface area contributed by atoms with Gasteiger partial charge in [-0.25, -0.2) is 0 Å². The molecule has 0 bridgehead atoms. The predicted octanol–water partition coefficient (Wildman–Crippen LogP) is 4.02. The van der Waals surface area contributed by atoms with E-state index < -0.39 is 0 Å². The van der Waals surface area contributed by atoms with Crippen molar-refractivity contribution in [2.75, 3.05) is 11.9 Å². The molecule has 0 spiro atoms. The molecule has 3 aromatic rings. The minimum atomic E-state index is -0.294. The van der Waals surface area contributed by atoms with Crippen molar-refractivity contribution in [1.29, 1.82) is 0 Å². The van der Waals surface area contributed by atoms with E-state index in [1.165, 1.54) is 0 Å². The number of hydrogen-bond acceptors (Lipinski definition) is 3. The molecule has 0 atom stereocenters. The van der Waals surface area contributed by atoms with Gasteiger partial charge >= 0.3 is 0 Å². The molecule has 2 N–H and O–H groups in total. The summed E-state index contributed by atoms with van der Waals surface area (Å²) >= 11 is 0. The maximum absolute atomic E-state index is 12.8. The van der Waals surface area contributed by atoms with Gasteiger partial charge in [0.1, 0.15) is 11.5 Å². The topological polar surface area (TPSA) is 67.4 Å². The van der Waals surface area contributed by atoms with E-state index in [0.29, 0.717) is 34.9 Å². The Bertz CT molecular complexity index is 999. The van der Waals surface area contributed by atoms with E-state index >= 15 is 0 Å². The Balaban J connectivity index is 1.57. The van der Waals surface area contributed by atoms with Crippen molar-refractivity contribution in [2.45, 2.75) is 6.42 Å². The normalized spacial score (nSPS) is 12.7. The van der Waals surface area contributed by atoms with Crippen LogP contribution in [0.3, 0.4) is 0 Å². The van der Waals surface area contributed by atoms with E-state index in [1.807, 2.05) is 48.5 Å². The lowest BCUT2D eigenvalue weighted by atomic mass is 10.00. The van der Waals surface area contributed by atoms with Crippen molar-refractivity contribution in [1.82, 2.24) is 5.32 Å². The highest BCUT2D eigenvalue weighted by Crippen LogP contribution is 2.26. The van der Waals surface area contributed by atoms with E-state index in [0.717, 1.165) is 12.0 Å². The summed E-state index contributed by atoms with van der Waals surface area (Å²) in [7, 11) is 0. The molecular weight excluding hydrogens is 340 g/mol. The Hall–Kier alpha value is -3.60. The summed E-state index contributed by atoms with van der Waals surface area (Å²) in [6.45, 7) is 0.641. The number of ether oxygens (including phenoxy) is 1. The molecule has 2 amide bonds. The van der Waals surface area contributed by atoms with Crippen LogP contribution in [0.4, 0.5) is 5.69 Å². The third-order valence-electron chi connectivity index (χ3n) is 4.39. The van der Waals surface area contributed by atoms with Gasteiger partial charge in [0, 0.05) is 17.8 Å². The van der Waals surface area contributed by atoms with Crippen LogP contribution in [0.2, 0.25) is 0 Å². The van der Waals surface area contributed by atoms with Gasteiger partial charge in [-0.05, 0) is 48.4 Å². The minimum absolute atomic E-state index is 0.111. The van der Waals surface area contributed by atoms with Crippen LogP contribution >= 0.6 is 0 Å². The molecule has 5 heteroatoms. The second-order valence-corrected chi connectivity index (χ2v) is 6.24. The first-order chi connectivity index (χ1) is 13.2. The maximum atomic E-state index is 12.8. The zero-order chi connectivity index (χ0) is 18.6. The molecule has 0 saturated heterocycles. The summed E-state index contributed by atoms with van der Waals surface area (Å²) in [6.07, 6.45) is 0.795. The number of amides is 2. The van der Waals surface area contributed by atoms with Gasteiger partial charge < -0.3 is 15.4 Å². The summed E-state index contributed by atoms with van der Waals surface area (Å²) < 4.78 is 5.85. The van der Waals surface area contributed by atoms with E-state index in [-0.39, 0.29) is 11.8 Å². The monoisotopic (exact) mass is 358 g/mol. The number of fused-ring (bicyclic) bond motifs is 1. The fraction of sp³-hybridized carbons (Fsp3) is 0.0909. The van der Waals surface area contributed by atoms with E-state index in [4.69, 9.17) is 4.74 Å². The van der Waals surface area contributed by atoms with Crippen LogP contribution < -0.4 is 15.4 Å². The van der Waals surface area contributed by atoms with Gasteiger partial charge in [0.25, 0.3) is 11.8 Å². The number of nitrogens with one attached hydrogen (secondary N) is 2. The lowest BCUT2D eigenvalue weighted by molar-refractivity contribution is 0.0944. The second-order valence-electron chi connectivity index (χ2n) is 6.24. The lowest BCUT2D eigenvalue weighted by Crippen LogP contribution is -2.31. The summed E-state index contributed by atoms with van der Waals surface area (Å²) in [5.41, 5.74) is 2.59. The summed E-state index contributed by atoms with van der Waals surface area (Å²) in [6, 6.07) is 21.8. The van der Waals surface area contributed by atoms with Gasteiger partial charge in [0.2, 0.25) is 0 Å². The van der Waals surface area contributed by atoms with Crippen molar-refractivity contribution in [3.63, 3.8) is 0 Å². The van der Waals surface area contributed by atoms with Crippen molar-refractivity contribution in [2.24, 2.45) is 0 Å². The molecule has 0 unspecified atom stereocenters. The minimum Gasteiger partial charge on any atom is -0.457 e. The number of para-hydroxylation sites is 2. The van der Waals surface area contributed by atoms with Crippen LogP contribution in [0.5, 0.6) is 11.5 Å². The number of anilines is 1. The SMILES string of the molecule is O=C1NCCc2ccc(NC(=O)c3ccccc3Oc3ccccc3)cc21. The van der Waals surface area contributed by atoms with E-state index in [9.17, 15) is 9.59 Å². The molecule has 0 aliphatic carbocycles. The zero-order valence-electron chi connectivity index (χ0n) is 14.6. The van der Waals surface area contributed by atoms with Gasteiger partial charge in [-0.1, -0.05) is 36.4 Å². The highest BCUT2D eigenvalue weighted by molar-refractivity contribution is 6.07. The van der Waals surface area contributed by atoms with Crippen molar-refractivity contribution < 1.29 is 14.3 Å². The van der Waals surface area contributed by atoms with Gasteiger partial charge in [-0.3, -0.25) is 9.59 Å². The Morgan fingerprint density at radius 3 is 2.59 bits per heavy atom. The molecule has 134 valence electrons. The Morgan fingerprint density at radius 1 is 0.963 bits per heavy atom. The van der Waals surface area contributed by atoms with Gasteiger partial charge in [0.05, 0.1) is 5.56 Å². The van der Waals surface area contributed by atoms with E-state index in [1.54, 1.807) is 24.3 Å². The summed E-state index contributed by atoms with van der Waals surface area (Å²) in [4.78, 5) is 24.8. The summed E-state index contributed by atoms with van der Waals surface area (Å²) in [5, 5.41) is 5.67. The van der Waals surface area contributed by atoms with Crippen molar-refractivity contribution >= 4 is 17.5 Å². The molecule has 3 aromatic carbocycles. The fourth-order valence-electron chi connectivity index (χ4n) is 3.05. The Labute approximate surface area is 157 Å². The maximum Gasteiger partial charge on any atom is 0.259 e. The Kier molecular flexibility index (Phi) is 4.58. The quantitative estimate of drug-likeness (QED) is 0.740. The average Bonchev–Trinajstić information content (AvgIpc) is 2.70. The smallest absolute Gasteiger partial charge is 0.259 e. The average molecular weight is 358 g/mol. The molecule has 0 aromatic heterocycles. The van der Waals surface area contributed by atoms with Gasteiger partial charge in [0.15, 0.2) is 0 Å². The van der Waals surface area contributed by atoms with E-state index in [2.05, 4.69) is 10.6 Å². The van der Waals surface area contributed by atoms with Crippen LogP contribution in [0.15, 0.2) is 72.8 Å². The lowest BCUT2D eigenvalue weighted by Gasteiger charge is -2.17. The standard InChI is InChI=1S/C22H18N2O3/c25-21-19-14-16(11-10-15(19)12-13-23-21)24-22(26)18-8-4-5-9-20(18)27-17-6-2-1-3-7-17/h1-11,14H,12-13H2,(H,23,25)(H,24,26).